The Bertz CT molecular complexity index is 905. The Morgan fingerprint density at radius 1 is 1.00 bits per heavy atom. The molecule has 6 nitrogen and oxygen atoms in total. The molecule has 3 rings (SSSR count). The van der Waals surface area contributed by atoms with Crippen molar-refractivity contribution in [3.05, 3.63) is 71.0 Å². The van der Waals surface area contributed by atoms with Gasteiger partial charge in [0, 0.05) is 5.69 Å². The molecule has 0 saturated carbocycles. The molecule has 2 N–H and O–H groups in total. The van der Waals surface area contributed by atoms with Crippen LogP contribution in [0.5, 0.6) is 0 Å². The average molecular weight is 337 g/mol. The number of hydrogen-bond acceptors (Lipinski definition) is 5. The van der Waals surface area contributed by atoms with Gasteiger partial charge in [0.2, 0.25) is 0 Å². The summed E-state index contributed by atoms with van der Waals surface area (Å²) in [6, 6.07) is 15.0. The van der Waals surface area contributed by atoms with Crippen LogP contribution in [0.4, 0.5) is 10.7 Å². The van der Waals surface area contributed by atoms with Crippen LogP contribution >= 0.6 is 11.3 Å². The highest BCUT2D eigenvalue weighted by molar-refractivity contribution is 7.18. The van der Waals surface area contributed by atoms with Gasteiger partial charge in [0.15, 0.2) is 5.76 Å². The number of nitrogens with zero attached hydrogens (tertiary/aromatic N) is 1. The highest BCUT2D eigenvalue weighted by Crippen LogP contribution is 2.23. The van der Waals surface area contributed by atoms with Gasteiger partial charge in [0.25, 0.3) is 11.8 Å². The first-order valence-corrected chi connectivity index (χ1v) is 7.73. The van der Waals surface area contributed by atoms with Gasteiger partial charge in [0.1, 0.15) is 0 Å². The molecular formula is C17H11N3O3S. The summed E-state index contributed by atoms with van der Waals surface area (Å²) in [6.45, 7) is 0. The second kappa shape index (κ2) is 6.81. The number of thiophene rings is 1. The molecule has 0 aliphatic heterocycles. The molecule has 0 spiro atoms. The number of carbonyl (C=O) groups excluding carboxylic acids is 2. The van der Waals surface area contributed by atoms with E-state index in [0.29, 0.717) is 21.1 Å². The van der Waals surface area contributed by atoms with Crippen molar-refractivity contribution in [1.82, 2.24) is 0 Å². The molecule has 0 bridgehead atoms. The van der Waals surface area contributed by atoms with Gasteiger partial charge in [-0.2, -0.15) is 5.26 Å². The smallest absolute Gasteiger partial charge is 0.291 e. The Hall–Kier alpha value is -3.37. The maximum Gasteiger partial charge on any atom is 0.291 e. The number of carbonyl (C=O) groups is 2. The average Bonchev–Trinajstić information content (AvgIpc) is 3.27. The van der Waals surface area contributed by atoms with Crippen molar-refractivity contribution >= 4 is 33.8 Å². The first-order valence-electron chi connectivity index (χ1n) is 6.92. The maximum atomic E-state index is 12.2. The summed E-state index contributed by atoms with van der Waals surface area (Å²) in [6.07, 6.45) is 1.42. The fourth-order valence-corrected chi connectivity index (χ4v) is 2.73. The van der Waals surface area contributed by atoms with Gasteiger partial charge >= 0.3 is 0 Å². The molecule has 118 valence electrons. The third-order valence-electron chi connectivity index (χ3n) is 3.08. The van der Waals surface area contributed by atoms with Crippen molar-refractivity contribution < 1.29 is 14.0 Å². The molecule has 0 unspecified atom stereocenters. The van der Waals surface area contributed by atoms with Crippen molar-refractivity contribution in [3.8, 4) is 6.07 Å². The molecule has 0 atom stereocenters. The highest BCUT2D eigenvalue weighted by Gasteiger charge is 2.13. The summed E-state index contributed by atoms with van der Waals surface area (Å²) in [7, 11) is 0. The second-order valence-electron chi connectivity index (χ2n) is 4.74. The maximum absolute atomic E-state index is 12.2. The van der Waals surface area contributed by atoms with E-state index in [-0.39, 0.29) is 17.6 Å². The summed E-state index contributed by atoms with van der Waals surface area (Å²) >= 11 is 1.16. The van der Waals surface area contributed by atoms with Crippen LogP contribution in [-0.4, -0.2) is 11.8 Å². The zero-order valence-corrected chi connectivity index (χ0v) is 13.1. The van der Waals surface area contributed by atoms with Gasteiger partial charge in [0.05, 0.1) is 27.8 Å². The van der Waals surface area contributed by atoms with Crippen molar-refractivity contribution in [3.63, 3.8) is 0 Å². The predicted molar refractivity (Wildman–Crippen MR) is 90.1 cm³/mol. The Kier molecular flexibility index (Phi) is 4.40. The van der Waals surface area contributed by atoms with E-state index in [9.17, 15) is 9.59 Å². The summed E-state index contributed by atoms with van der Waals surface area (Å²) < 4.78 is 5.01. The monoisotopic (exact) mass is 337 g/mol. The highest BCUT2D eigenvalue weighted by atomic mass is 32.1. The minimum atomic E-state index is -0.374. The Balaban J connectivity index is 1.65. The molecular weight excluding hydrogens is 326 g/mol. The molecule has 0 aliphatic carbocycles. The number of nitrogens with one attached hydrogen (secondary N) is 2. The quantitative estimate of drug-likeness (QED) is 0.758. The number of benzene rings is 1. The largest absolute Gasteiger partial charge is 0.459 e. The first kappa shape index (κ1) is 15.5. The standard InChI is InChI=1S/C17H11N3O3S/c18-10-11-3-5-12(6-4-11)19-17(22)14-7-8-15(24-14)20-16(21)13-2-1-9-23-13/h1-9H,(H,19,22)(H,20,21). The van der Waals surface area contributed by atoms with Crippen LogP contribution in [0.15, 0.2) is 59.2 Å². The molecule has 2 aromatic heterocycles. The Morgan fingerprint density at radius 2 is 1.79 bits per heavy atom. The van der Waals surface area contributed by atoms with Crippen LogP contribution in [-0.2, 0) is 0 Å². The van der Waals surface area contributed by atoms with Gasteiger partial charge in [-0.1, -0.05) is 0 Å². The van der Waals surface area contributed by atoms with Crippen molar-refractivity contribution in [2.24, 2.45) is 0 Å². The minimum absolute atomic E-state index is 0.201. The number of rotatable bonds is 4. The fraction of sp³-hybridized carbons (Fsp3) is 0. The van der Waals surface area contributed by atoms with Crippen LogP contribution in [0.25, 0.3) is 0 Å². The first-order chi connectivity index (χ1) is 11.7. The van der Waals surface area contributed by atoms with E-state index in [1.54, 1.807) is 48.5 Å². The lowest BCUT2D eigenvalue weighted by atomic mass is 10.2. The summed E-state index contributed by atoms with van der Waals surface area (Å²) in [5.74, 6) is -0.462. The Labute approximate surface area is 141 Å². The minimum Gasteiger partial charge on any atom is -0.459 e. The topological polar surface area (TPSA) is 95.1 Å². The molecule has 0 radical (unpaired) electrons. The fourth-order valence-electron chi connectivity index (χ4n) is 1.93. The summed E-state index contributed by atoms with van der Waals surface area (Å²) in [5, 5.41) is 14.7. The second-order valence-corrected chi connectivity index (χ2v) is 5.82. The number of hydrogen-bond donors (Lipinski definition) is 2. The normalized spacial score (nSPS) is 9.96. The lowest BCUT2D eigenvalue weighted by Gasteiger charge is -2.03. The third kappa shape index (κ3) is 3.51. The van der Waals surface area contributed by atoms with Crippen LogP contribution in [0.2, 0.25) is 0 Å². The molecule has 24 heavy (non-hydrogen) atoms. The molecule has 2 heterocycles. The number of amides is 2. The van der Waals surface area contributed by atoms with Gasteiger partial charge < -0.3 is 15.1 Å². The van der Waals surface area contributed by atoms with Gasteiger partial charge in [-0.25, -0.2) is 0 Å². The zero-order chi connectivity index (χ0) is 16.9. The lowest BCUT2D eigenvalue weighted by molar-refractivity contribution is 0.0995. The van der Waals surface area contributed by atoms with E-state index in [2.05, 4.69) is 10.6 Å². The SMILES string of the molecule is N#Cc1ccc(NC(=O)c2ccc(NC(=O)c3ccco3)s2)cc1. The Morgan fingerprint density at radius 3 is 2.46 bits per heavy atom. The zero-order valence-electron chi connectivity index (χ0n) is 12.3. The molecule has 0 aliphatic rings. The van der Waals surface area contributed by atoms with E-state index < -0.39 is 0 Å². The molecule has 0 saturated heterocycles. The predicted octanol–water partition coefficient (Wildman–Crippen LogP) is 3.72. The van der Waals surface area contributed by atoms with Gasteiger partial charge in [-0.3, -0.25) is 9.59 Å². The summed E-state index contributed by atoms with van der Waals surface area (Å²) in [4.78, 5) is 24.5. The lowest BCUT2D eigenvalue weighted by Crippen LogP contribution is -2.10. The number of nitriles is 1. The van der Waals surface area contributed by atoms with E-state index >= 15 is 0 Å². The van der Waals surface area contributed by atoms with Crippen LogP contribution < -0.4 is 10.6 Å². The van der Waals surface area contributed by atoms with Crippen LogP contribution in [0, 0.1) is 11.3 Å². The van der Waals surface area contributed by atoms with Crippen LogP contribution in [0.3, 0.4) is 0 Å². The van der Waals surface area contributed by atoms with Gasteiger partial charge in [-0.15, -0.1) is 11.3 Å². The molecule has 7 heteroatoms. The third-order valence-corrected chi connectivity index (χ3v) is 4.08. The van der Waals surface area contributed by atoms with Crippen LogP contribution in [0.1, 0.15) is 25.8 Å². The van der Waals surface area contributed by atoms with E-state index in [0.717, 1.165) is 11.3 Å². The molecule has 3 aromatic rings. The van der Waals surface area contributed by atoms with Gasteiger partial charge in [-0.05, 0) is 48.5 Å². The molecule has 0 fully saturated rings. The van der Waals surface area contributed by atoms with E-state index in [1.807, 2.05) is 6.07 Å². The van der Waals surface area contributed by atoms with Crippen molar-refractivity contribution in [1.29, 1.82) is 5.26 Å². The van der Waals surface area contributed by atoms with E-state index in [4.69, 9.17) is 9.68 Å². The number of furan rings is 1. The van der Waals surface area contributed by atoms with Crippen molar-refractivity contribution in [2.75, 3.05) is 10.6 Å². The molecule has 2 amide bonds. The number of anilines is 2. The molecule has 1 aromatic carbocycles. The van der Waals surface area contributed by atoms with Crippen molar-refractivity contribution in [2.45, 2.75) is 0 Å². The van der Waals surface area contributed by atoms with E-state index in [1.165, 1.54) is 6.26 Å². The summed E-state index contributed by atoms with van der Waals surface area (Å²) in [5.41, 5.74) is 1.11.